The molecule has 0 radical (unpaired) electrons. The first-order valence-corrected chi connectivity index (χ1v) is 11.1. The summed E-state index contributed by atoms with van der Waals surface area (Å²) in [6, 6.07) is 7.39. The molecule has 0 spiro atoms. The second-order valence-corrected chi connectivity index (χ2v) is 8.59. The number of aromatic nitrogens is 5. The normalized spacial score (nSPS) is 15.6. The number of fused-ring (bicyclic) bond motifs is 1. The van der Waals surface area contributed by atoms with Gasteiger partial charge in [-0.15, -0.1) is 0 Å². The van der Waals surface area contributed by atoms with Gasteiger partial charge in [0.1, 0.15) is 11.6 Å². The molecule has 0 N–H and O–H groups in total. The highest BCUT2D eigenvalue weighted by Gasteiger charge is 2.35. The van der Waals surface area contributed by atoms with Gasteiger partial charge in [-0.1, -0.05) is 0 Å². The lowest BCUT2D eigenvalue weighted by atomic mass is 10.0. The average molecular weight is 449 g/mol. The number of carbonyl (C=O) groups excluding carboxylic acids is 1. The number of amides is 1. The van der Waals surface area contributed by atoms with E-state index < -0.39 is 0 Å². The number of halogens is 1. The molecule has 0 fully saturated rings. The maximum atomic E-state index is 13.4. The molecule has 1 aromatic carbocycles. The van der Waals surface area contributed by atoms with Gasteiger partial charge in [0, 0.05) is 36.6 Å². The second kappa shape index (κ2) is 7.90. The van der Waals surface area contributed by atoms with Crippen LogP contribution in [-0.2, 0) is 6.54 Å². The van der Waals surface area contributed by atoms with E-state index in [0.29, 0.717) is 24.5 Å². The minimum atomic E-state index is -0.362. The molecule has 3 aromatic heterocycles. The Kier molecular flexibility index (Phi) is 5.05. The highest BCUT2D eigenvalue weighted by Crippen LogP contribution is 2.39. The summed E-state index contributed by atoms with van der Waals surface area (Å²) in [7, 11) is 0. The molecule has 1 aliphatic rings. The quantitative estimate of drug-likeness (QED) is 0.463. The molecule has 4 aromatic rings. The molecule has 162 valence electrons. The Labute approximate surface area is 188 Å². The standard InChI is InChI=1S/C23H21FN6OS/c1-13-12-25-9-8-18(13)19-20-14(2)29(23(31)16-4-6-17(24)7-5-16)10-11-30(20)21(27-19)22-26-15(3)28-32-22/h4-9,12,14H,10-11H2,1-3H3. The molecule has 7 nitrogen and oxygen atoms in total. The van der Waals surface area contributed by atoms with E-state index in [1.165, 1.54) is 35.8 Å². The monoisotopic (exact) mass is 448 g/mol. The maximum absolute atomic E-state index is 13.4. The molecule has 5 rings (SSSR count). The van der Waals surface area contributed by atoms with Gasteiger partial charge in [0.05, 0.1) is 17.4 Å². The third kappa shape index (κ3) is 3.38. The number of hydrogen-bond donors (Lipinski definition) is 0. The van der Waals surface area contributed by atoms with Crippen LogP contribution in [0.25, 0.3) is 22.1 Å². The Hall–Kier alpha value is -3.46. The zero-order chi connectivity index (χ0) is 22.4. The lowest BCUT2D eigenvalue weighted by Crippen LogP contribution is -2.41. The Morgan fingerprint density at radius 3 is 2.59 bits per heavy atom. The topological polar surface area (TPSA) is 76.8 Å². The predicted molar refractivity (Wildman–Crippen MR) is 120 cm³/mol. The van der Waals surface area contributed by atoms with Crippen molar-refractivity contribution in [3.63, 3.8) is 0 Å². The summed E-state index contributed by atoms with van der Waals surface area (Å²) in [5, 5.41) is 0.757. The summed E-state index contributed by atoms with van der Waals surface area (Å²) in [6.45, 7) is 6.96. The van der Waals surface area contributed by atoms with Crippen LogP contribution < -0.4 is 0 Å². The van der Waals surface area contributed by atoms with Crippen LogP contribution in [0.5, 0.6) is 0 Å². The molecule has 0 aliphatic carbocycles. The summed E-state index contributed by atoms with van der Waals surface area (Å²) in [4.78, 5) is 28.8. The van der Waals surface area contributed by atoms with Gasteiger partial charge < -0.3 is 9.47 Å². The van der Waals surface area contributed by atoms with Crippen molar-refractivity contribution in [3.8, 4) is 22.1 Å². The van der Waals surface area contributed by atoms with Gasteiger partial charge in [-0.25, -0.2) is 14.4 Å². The van der Waals surface area contributed by atoms with E-state index in [1.807, 2.05) is 37.9 Å². The highest BCUT2D eigenvalue weighted by atomic mass is 32.1. The van der Waals surface area contributed by atoms with Crippen LogP contribution in [0.1, 0.15) is 40.4 Å². The van der Waals surface area contributed by atoms with Gasteiger partial charge in [-0.05, 0) is 68.2 Å². The fourth-order valence-corrected chi connectivity index (χ4v) is 4.86. The van der Waals surface area contributed by atoms with E-state index in [9.17, 15) is 9.18 Å². The Morgan fingerprint density at radius 1 is 1.12 bits per heavy atom. The Bertz CT molecular complexity index is 1310. The average Bonchev–Trinajstić information content (AvgIpc) is 3.38. The number of nitrogens with zero attached hydrogens (tertiary/aromatic N) is 6. The van der Waals surface area contributed by atoms with Crippen LogP contribution in [0.2, 0.25) is 0 Å². The van der Waals surface area contributed by atoms with Crippen LogP contribution in [0.15, 0.2) is 42.7 Å². The number of hydrogen-bond acceptors (Lipinski definition) is 6. The SMILES string of the molecule is Cc1nsc(-c2nc(-c3ccncc3C)c3n2CCN(C(=O)c2ccc(F)cc2)C3C)n1. The van der Waals surface area contributed by atoms with Crippen molar-refractivity contribution in [3.05, 3.63) is 71.2 Å². The maximum Gasteiger partial charge on any atom is 0.254 e. The van der Waals surface area contributed by atoms with Gasteiger partial charge >= 0.3 is 0 Å². The van der Waals surface area contributed by atoms with Gasteiger partial charge in [-0.3, -0.25) is 9.78 Å². The Balaban J connectivity index is 1.63. The molecule has 0 saturated carbocycles. The van der Waals surface area contributed by atoms with Crippen molar-refractivity contribution in [1.29, 1.82) is 0 Å². The van der Waals surface area contributed by atoms with Gasteiger partial charge in [0.15, 0.2) is 10.8 Å². The molecule has 0 bridgehead atoms. The third-order valence-corrected chi connectivity index (χ3v) is 6.58. The lowest BCUT2D eigenvalue weighted by molar-refractivity contribution is 0.0645. The summed E-state index contributed by atoms with van der Waals surface area (Å²) >= 11 is 1.32. The van der Waals surface area contributed by atoms with E-state index in [-0.39, 0.29) is 17.8 Å². The zero-order valence-corrected chi connectivity index (χ0v) is 18.7. The first kappa shape index (κ1) is 20.4. The summed E-state index contributed by atoms with van der Waals surface area (Å²) in [6.07, 6.45) is 3.56. The lowest BCUT2D eigenvalue weighted by Gasteiger charge is -2.35. The van der Waals surface area contributed by atoms with E-state index in [2.05, 4.69) is 18.9 Å². The van der Waals surface area contributed by atoms with Crippen LogP contribution >= 0.6 is 11.5 Å². The predicted octanol–water partition coefficient (Wildman–Crippen LogP) is 4.44. The van der Waals surface area contributed by atoms with Crippen molar-refractivity contribution in [2.75, 3.05) is 6.54 Å². The number of pyridine rings is 1. The number of rotatable bonds is 3. The van der Waals surface area contributed by atoms with Crippen molar-refractivity contribution in [2.24, 2.45) is 0 Å². The van der Waals surface area contributed by atoms with E-state index >= 15 is 0 Å². The summed E-state index contributed by atoms with van der Waals surface area (Å²) in [5.41, 5.74) is 4.20. The number of carbonyl (C=O) groups is 1. The van der Waals surface area contributed by atoms with E-state index in [0.717, 1.165) is 33.3 Å². The van der Waals surface area contributed by atoms with Crippen molar-refractivity contribution in [2.45, 2.75) is 33.4 Å². The van der Waals surface area contributed by atoms with E-state index in [4.69, 9.17) is 4.98 Å². The Morgan fingerprint density at radius 2 is 1.91 bits per heavy atom. The highest BCUT2D eigenvalue weighted by molar-refractivity contribution is 7.09. The smallest absolute Gasteiger partial charge is 0.254 e. The number of benzene rings is 1. The second-order valence-electron chi connectivity index (χ2n) is 7.84. The summed E-state index contributed by atoms with van der Waals surface area (Å²) in [5.74, 6) is 0.980. The molecule has 1 amide bonds. The minimum Gasteiger partial charge on any atom is -0.329 e. The number of aryl methyl sites for hydroxylation is 2. The van der Waals surface area contributed by atoms with Crippen LogP contribution in [0.4, 0.5) is 4.39 Å². The minimum absolute atomic E-state index is 0.129. The molecular formula is C23H21FN6OS. The van der Waals surface area contributed by atoms with Crippen molar-refractivity contribution < 1.29 is 9.18 Å². The fraction of sp³-hybridized carbons (Fsp3) is 0.261. The number of imidazole rings is 1. The molecule has 1 atom stereocenters. The largest absolute Gasteiger partial charge is 0.329 e. The molecule has 1 unspecified atom stereocenters. The van der Waals surface area contributed by atoms with E-state index in [1.54, 1.807) is 6.20 Å². The van der Waals surface area contributed by atoms with Crippen molar-refractivity contribution in [1.82, 2.24) is 28.8 Å². The zero-order valence-electron chi connectivity index (χ0n) is 17.9. The molecule has 9 heteroatoms. The summed E-state index contributed by atoms with van der Waals surface area (Å²) < 4.78 is 19.8. The van der Waals surface area contributed by atoms with Crippen LogP contribution in [0.3, 0.4) is 0 Å². The fourth-order valence-electron chi connectivity index (χ4n) is 4.19. The molecule has 4 heterocycles. The molecular weight excluding hydrogens is 427 g/mol. The molecule has 0 saturated heterocycles. The molecule has 32 heavy (non-hydrogen) atoms. The van der Waals surface area contributed by atoms with Crippen molar-refractivity contribution >= 4 is 17.4 Å². The van der Waals surface area contributed by atoms with Gasteiger partial charge in [0.2, 0.25) is 0 Å². The van der Waals surface area contributed by atoms with Gasteiger partial charge in [0.25, 0.3) is 5.91 Å². The first-order valence-electron chi connectivity index (χ1n) is 10.3. The third-order valence-electron chi connectivity index (χ3n) is 5.78. The molecule has 1 aliphatic heterocycles. The van der Waals surface area contributed by atoms with Gasteiger partial charge in [-0.2, -0.15) is 4.37 Å². The first-order chi connectivity index (χ1) is 15.4. The van der Waals surface area contributed by atoms with Crippen LogP contribution in [-0.4, -0.2) is 41.2 Å². The van der Waals surface area contributed by atoms with Crippen LogP contribution in [0, 0.1) is 19.7 Å².